The van der Waals surface area contributed by atoms with Crippen molar-refractivity contribution in [3.8, 4) is 11.4 Å². The molecule has 0 unspecified atom stereocenters. The molecule has 1 amide bonds. The molecule has 0 aliphatic rings. The first-order chi connectivity index (χ1) is 15.8. The van der Waals surface area contributed by atoms with Gasteiger partial charge in [0.05, 0.1) is 17.7 Å². The number of rotatable bonds is 5. The predicted molar refractivity (Wildman–Crippen MR) is 127 cm³/mol. The highest BCUT2D eigenvalue weighted by Crippen LogP contribution is 2.27. The van der Waals surface area contributed by atoms with Gasteiger partial charge in [-0.3, -0.25) is 20.2 Å². The van der Waals surface area contributed by atoms with E-state index in [0.29, 0.717) is 16.7 Å². The third-order valence-electron chi connectivity index (χ3n) is 4.77. The number of amides is 1. The molecule has 33 heavy (non-hydrogen) atoms. The lowest BCUT2D eigenvalue weighted by Gasteiger charge is -2.10. The Morgan fingerprint density at radius 2 is 1.79 bits per heavy atom. The molecule has 3 aromatic carbocycles. The third-order valence-corrected chi connectivity index (χ3v) is 4.97. The molecule has 2 N–H and O–H groups in total. The van der Waals surface area contributed by atoms with E-state index in [1.807, 2.05) is 31.2 Å². The van der Waals surface area contributed by atoms with Crippen LogP contribution in [0.1, 0.15) is 15.9 Å². The molecule has 0 aliphatic heterocycles. The minimum absolute atomic E-state index is 0.0312. The van der Waals surface area contributed by atoms with E-state index < -0.39 is 10.8 Å². The molecule has 0 spiro atoms. The van der Waals surface area contributed by atoms with E-state index in [1.54, 1.807) is 23.0 Å². The highest BCUT2D eigenvalue weighted by molar-refractivity contribution is 7.80. The van der Waals surface area contributed by atoms with Gasteiger partial charge < -0.3 is 10.1 Å². The van der Waals surface area contributed by atoms with Gasteiger partial charge >= 0.3 is 5.69 Å². The van der Waals surface area contributed by atoms with Gasteiger partial charge in [0, 0.05) is 17.3 Å². The van der Waals surface area contributed by atoms with Gasteiger partial charge in [0.2, 0.25) is 0 Å². The summed E-state index contributed by atoms with van der Waals surface area (Å²) in [5.41, 5.74) is 3.67. The van der Waals surface area contributed by atoms with E-state index in [4.69, 9.17) is 17.0 Å². The van der Waals surface area contributed by atoms with E-state index >= 15 is 0 Å². The van der Waals surface area contributed by atoms with E-state index in [-0.39, 0.29) is 22.1 Å². The second kappa shape index (κ2) is 9.01. The largest absolute Gasteiger partial charge is 0.490 e. The Balaban J connectivity index is 1.47. The number of fused-ring (bicyclic) bond motifs is 1. The van der Waals surface area contributed by atoms with Crippen LogP contribution in [0.2, 0.25) is 0 Å². The number of methoxy groups -OCH3 is 1. The van der Waals surface area contributed by atoms with Crippen LogP contribution in [0.25, 0.3) is 16.7 Å². The lowest BCUT2D eigenvalue weighted by atomic mass is 10.1. The molecular weight excluding hydrogens is 444 g/mol. The summed E-state index contributed by atoms with van der Waals surface area (Å²) in [7, 11) is 1.32. The second-order valence-electron chi connectivity index (χ2n) is 7.08. The Morgan fingerprint density at radius 3 is 2.48 bits per heavy atom. The molecule has 4 aromatic rings. The number of hydrogen-bond acceptors (Lipinski definition) is 7. The van der Waals surface area contributed by atoms with Crippen molar-refractivity contribution >= 4 is 45.6 Å². The summed E-state index contributed by atoms with van der Waals surface area (Å²) in [6, 6.07) is 17.0. The van der Waals surface area contributed by atoms with E-state index in [9.17, 15) is 14.9 Å². The zero-order valence-electron chi connectivity index (χ0n) is 17.6. The molecule has 0 atom stereocenters. The number of hydrogen-bond donors (Lipinski definition) is 2. The molecule has 0 saturated carbocycles. The highest BCUT2D eigenvalue weighted by atomic mass is 32.1. The maximum Gasteiger partial charge on any atom is 0.311 e. The number of nitro benzene ring substituents is 1. The fourth-order valence-corrected chi connectivity index (χ4v) is 3.31. The fraction of sp³-hybridized carbons (Fsp3) is 0.0909. The first-order valence-corrected chi connectivity index (χ1v) is 10.1. The number of nitro groups is 1. The van der Waals surface area contributed by atoms with Gasteiger partial charge in [0.15, 0.2) is 10.9 Å². The van der Waals surface area contributed by atoms with Gasteiger partial charge in [0.25, 0.3) is 5.91 Å². The fourth-order valence-electron chi connectivity index (χ4n) is 3.10. The van der Waals surface area contributed by atoms with E-state index in [2.05, 4.69) is 20.8 Å². The number of thiocarbonyl (C=S) groups is 1. The Hall–Kier alpha value is -4.38. The van der Waals surface area contributed by atoms with Crippen LogP contribution in [0.4, 0.5) is 11.4 Å². The van der Waals surface area contributed by atoms with Crippen molar-refractivity contribution in [1.29, 1.82) is 0 Å². The maximum atomic E-state index is 12.5. The van der Waals surface area contributed by atoms with Crippen LogP contribution >= 0.6 is 12.2 Å². The zero-order valence-corrected chi connectivity index (χ0v) is 18.4. The van der Waals surface area contributed by atoms with Crippen molar-refractivity contribution in [3.63, 3.8) is 0 Å². The van der Waals surface area contributed by atoms with E-state index in [1.165, 1.54) is 19.2 Å². The van der Waals surface area contributed by atoms with Crippen LogP contribution in [0.15, 0.2) is 60.7 Å². The summed E-state index contributed by atoms with van der Waals surface area (Å²) in [5.74, 6) is -0.533. The van der Waals surface area contributed by atoms with Gasteiger partial charge in [0.1, 0.15) is 11.0 Å². The van der Waals surface area contributed by atoms with Gasteiger partial charge in [-0.2, -0.15) is 4.80 Å². The van der Waals surface area contributed by atoms with Crippen LogP contribution in [0, 0.1) is 17.0 Å². The summed E-state index contributed by atoms with van der Waals surface area (Å²) < 4.78 is 4.95. The van der Waals surface area contributed by atoms with Crippen molar-refractivity contribution in [2.24, 2.45) is 0 Å². The molecule has 0 radical (unpaired) electrons. The molecule has 11 heteroatoms. The van der Waals surface area contributed by atoms with Crippen molar-refractivity contribution in [1.82, 2.24) is 20.3 Å². The molecule has 10 nitrogen and oxygen atoms in total. The predicted octanol–water partition coefficient (Wildman–Crippen LogP) is 3.77. The smallest absolute Gasteiger partial charge is 0.311 e. The monoisotopic (exact) mass is 462 g/mol. The first kappa shape index (κ1) is 21.8. The third kappa shape index (κ3) is 4.77. The minimum Gasteiger partial charge on any atom is -0.490 e. The van der Waals surface area contributed by atoms with Crippen molar-refractivity contribution in [3.05, 3.63) is 81.9 Å². The van der Waals surface area contributed by atoms with Crippen LogP contribution in [-0.4, -0.2) is 38.0 Å². The normalized spacial score (nSPS) is 10.6. The molecule has 166 valence electrons. The van der Waals surface area contributed by atoms with Gasteiger partial charge in [-0.1, -0.05) is 17.7 Å². The van der Waals surface area contributed by atoms with Crippen molar-refractivity contribution < 1.29 is 14.5 Å². The molecule has 1 heterocycles. The quantitative estimate of drug-likeness (QED) is 0.261. The number of nitrogens with zero attached hydrogens (tertiary/aromatic N) is 4. The van der Waals surface area contributed by atoms with Crippen molar-refractivity contribution in [2.45, 2.75) is 6.92 Å². The number of nitrogens with one attached hydrogen (secondary N) is 2. The average molecular weight is 462 g/mol. The second-order valence-corrected chi connectivity index (χ2v) is 7.49. The number of aromatic nitrogens is 3. The molecule has 0 bridgehead atoms. The van der Waals surface area contributed by atoms with Gasteiger partial charge in [-0.05, 0) is 61.6 Å². The number of anilines is 1. The molecule has 0 saturated heterocycles. The highest BCUT2D eigenvalue weighted by Gasteiger charge is 2.19. The first-order valence-electron chi connectivity index (χ1n) is 9.73. The maximum absolute atomic E-state index is 12.5. The summed E-state index contributed by atoms with van der Waals surface area (Å²) in [5, 5.41) is 25.6. The summed E-state index contributed by atoms with van der Waals surface area (Å²) >= 11 is 5.22. The lowest BCUT2D eigenvalue weighted by Crippen LogP contribution is -2.34. The topological polar surface area (TPSA) is 124 Å². The molecule has 0 fully saturated rings. The zero-order chi connectivity index (χ0) is 23.5. The molecule has 4 rings (SSSR count). The lowest BCUT2D eigenvalue weighted by molar-refractivity contribution is -0.385. The number of ether oxygens (including phenoxy) is 1. The Bertz CT molecular complexity index is 1380. The summed E-state index contributed by atoms with van der Waals surface area (Å²) in [6.07, 6.45) is 0. The van der Waals surface area contributed by atoms with Crippen LogP contribution < -0.4 is 15.4 Å². The Labute approximate surface area is 193 Å². The standard InChI is InChI=1S/C22H18N6O4S/c1-13-3-7-16(8-4-13)27-25-17-9-6-15(12-18(17)26-27)23-22(33)24-21(29)14-5-10-20(32-2)19(11-14)28(30)31/h3-12H,1-2H3,(H2,23,24,29,33). The Kier molecular flexibility index (Phi) is 5.96. The number of carbonyl (C=O) groups excluding carboxylic acids is 1. The molecular formula is C22H18N6O4S. The van der Waals surface area contributed by atoms with Crippen LogP contribution in [-0.2, 0) is 0 Å². The van der Waals surface area contributed by atoms with Gasteiger partial charge in [-0.15, -0.1) is 10.2 Å². The van der Waals surface area contributed by atoms with E-state index in [0.717, 1.165) is 17.3 Å². The Morgan fingerprint density at radius 1 is 1.06 bits per heavy atom. The summed E-state index contributed by atoms with van der Waals surface area (Å²) in [6.45, 7) is 2.01. The number of carbonyl (C=O) groups is 1. The molecule has 1 aromatic heterocycles. The summed E-state index contributed by atoms with van der Waals surface area (Å²) in [4.78, 5) is 24.6. The van der Waals surface area contributed by atoms with Crippen molar-refractivity contribution in [2.75, 3.05) is 12.4 Å². The average Bonchev–Trinajstić information content (AvgIpc) is 3.22. The van der Waals surface area contributed by atoms with Gasteiger partial charge in [-0.25, -0.2) is 0 Å². The minimum atomic E-state index is -0.620. The number of benzene rings is 3. The van der Waals surface area contributed by atoms with Crippen LogP contribution in [0.5, 0.6) is 5.75 Å². The van der Waals surface area contributed by atoms with Crippen LogP contribution in [0.3, 0.4) is 0 Å². The number of aryl methyl sites for hydroxylation is 1. The molecule has 0 aliphatic carbocycles. The SMILES string of the molecule is COc1ccc(C(=O)NC(=S)Nc2ccc3nn(-c4ccc(C)cc4)nc3c2)cc1[N+](=O)[O-].